The van der Waals surface area contributed by atoms with E-state index in [0.717, 1.165) is 61.6 Å². The summed E-state index contributed by atoms with van der Waals surface area (Å²) in [5, 5.41) is 15.9. The fourth-order valence-electron chi connectivity index (χ4n) is 7.05. The minimum absolute atomic E-state index is 0.0324. The topological polar surface area (TPSA) is 74.5 Å². The molecule has 0 bridgehead atoms. The van der Waals surface area contributed by atoms with Gasteiger partial charge in [0.15, 0.2) is 11.3 Å². The maximum absolute atomic E-state index is 13.7. The second-order valence-corrected chi connectivity index (χ2v) is 12.0. The van der Waals surface area contributed by atoms with Crippen molar-refractivity contribution in [2.45, 2.75) is 76.2 Å². The predicted molar refractivity (Wildman–Crippen MR) is 145 cm³/mol. The van der Waals surface area contributed by atoms with Gasteiger partial charge >= 0.3 is 5.97 Å². The molecular weight excluding hydrogens is 481 g/mol. The third-order valence-electron chi connectivity index (χ3n) is 10.0. The third-order valence-corrected chi connectivity index (χ3v) is 10.0. The van der Waals surface area contributed by atoms with E-state index in [0.29, 0.717) is 22.7 Å². The van der Waals surface area contributed by atoms with Crippen LogP contribution in [-0.4, -0.2) is 63.0 Å². The molecule has 8 heteroatoms. The molecule has 4 heterocycles. The van der Waals surface area contributed by atoms with Crippen molar-refractivity contribution >= 4 is 22.7 Å². The number of hydrogen-bond donors (Lipinski definition) is 1. The molecule has 2 aliphatic heterocycles. The molecule has 2 aliphatic carbocycles. The van der Waals surface area contributed by atoms with Crippen molar-refractivity contribution < 1.29 is 14.3 Å². The van der Waals surface area contributed by atoms with E-state index in [1.165, 1.54) is 63.7 Å². The summed E-state index contributed by atoms with van der Waals surface area (Å²) in [7, 11) is 0. The molecule has 0 radical (unpaired) electrons. The Kier molecular flexibility index (Phi) is 5.91. The van der Waals surface area contributed by atoms with E-state index < -0.39 is 5.97 Å². The second kappa shape index (κ2) is 9.33. The number of benzene rings is 1. The highest BCUT2D eigenvalue weighted by molar-refractivity contribution is 5.98. The van der Waals surface area contributed by atoms with Crippen LogP contribution in [0.15, 0.2) is 30.3 Å². The number of hydrogen-bond acceptors (Lipinski definition) is 5. The van der Waals surface area contributed by atoms with E-state index in [1.807, 2.05) is 0 Å². The highest BCUT2D eigenvalue weighted by atomic mass is 19.1. The molecule has 0 amide bonds. The molecule has 200 valence electrons. The molecular formula is C30H36FN5O2. The minimum atomic E-state index is -1.04. The molecule has 0 unspecified atom stereocenters. The summed E-state index contributed by atoms with van der Waals surface area (Å²) in [6.45, 7) is 4.30. The Morgan fingerprint density at radius 1 is 0.947 bits per heavy atom. The number of halogens is 1. The van der Waals surface area contributed by atoms with Crippen LogP contribution >= 0.6 is 0 Å². The van der Waals surface area contributed by atoms with E-state index in [1.54, 1.807) is 22.9 Å². The van der Waals surface area contributed by atoms with Crippen molar-refractivity contribution in [3.63, 3.8) is 0 Å². The molecule has 1 aromatic carbocycles. The molecule has 1 spiro atoms. The number of rotatable bonds is 5. The summed E-state index contributed by atoms with van der Waals surface area (Å²) in [5.41, 5.74) is 3.65. The van der Waals surface area contributed by atoms with Gasteiger partial charge in [-0.15, -0.1) is 0 Å². The van der Waals surface area contributed by atoms with Crippen LogP contribution in [0.2, 0.25) is 0 Å². The van der Waals surface area contributed by atoms with Crippen LogP contribution in [0.3, 0.4) is 0 Å². The number of likely N-dealkylation sites (tertiary alicyclic amines) is 1. The van der Waals surface area contributed by atoms with Gasteiger partial charge in [0.05, 0.1) is 22.5 Å². The van der Waals surface area contributed by atoms with Crippen molar-refractivity contribution in [2.24, 2.45) is 5.41 Å². The Morgan fingerprint density at radius 3 is 2.18 bits per heavy atom. The normalized spacial score (nSPS) is 22.5. The average molecular weight is 518 g/mol. The van der Waals surface area contributed by atoms with Gasteiger partial charge in [-0.1, -0.05) is 12.8 Å². The first-order chi connectivity index (χ1) is 18.5. The molecule has 2 saturated heterocycles. The Bertz CT molecular complexity index is 1340. The quantitative estimate of drug-likeness (QED) is 0.464. The molecule has 7 rings (SSSR count). The van der Waals surface area contributed by atoms with Crippen molar-refractivity contribution in [3.05, 3.63) is 47.5 Å². The van der Waals surface area contributed by atoms with Gasteiger partial charge in [0, 0.05) is 25.0 Å². The predicted octanol–water partition coefficient (Wildman–Crippen LogP) is 5.76. The lowest BCUT2D eigenvalue weighted by Crippen LogP contribution is -2.50. The third kappa shape index (κ3) is 4.08. The zero-order valence-corrected chi connectivity index (χ0v) is 21.9. The van der Waals surface area contributed by atoms with Crippen LogP contribution in [-0.2, 0) is 0 Å². The lowest BCUT2D eigenvalue weighted by molar-refractivity contribution is 0.0306. The second-order valence-electron chi connectivity index (χ2n) is 12.0. The number of carbonyl (C=O) groups is 1. The Hall–Kier alpha value is -3.00. The summed E-state index contributed by atoms with van der Waals surface area (Å²) in [5.74, 6) is -1.01. The number of pyridine rings is 1. The standard InChI is InChI=1S/C30H36FN5O2/c31-21-7-9-23(10-8-21)36-28-26(27(33-36)20-3-1-4-20)25(19-24(32-28)29(37)38)35-17-13-30(14-18-35)11-15-34(16-12-30)22-5-2-6-22/h7-10,19-20,22H,1-6,11-18H2,(H,37,38). The van der Waals surface area contributed by atoms with Gasteiger partial charge < -0.3 is 14.9 Å². The SMILES string of the molecule is O=C(O)c1cc(N2CCC3(CC2)CCN(C2CCC2)CC3)c2c(C3CCC3)nn(-c3ccc(F)cc3)c2n1. The van der Waals surface area contributed by atoms with Crippen LogP contribution in [0.4, 0.5) is 10.1 Å². The summed E-state index contributed by atoms with van der Waals surface area (Å²) in [4.78, 5) is 21.9. The van der Waals surface area contributed by atoms with E-state index >= 15 is 0 Å². The van der Waals surface area contributed by atoms with Crippen LogP contribution in [0.25, 0.3) is 16.7 Å². The highest BCUT2D eigenvalue weighted by Crippen LogP contribution is 2.46. The molecule has 2 saturated carbocycles. The lowest BCUT2D eigenvalue weighted by atomic mass is 9.70. The van der Waals surface area contributed by atoms with E-state index in [4.69, 9.17) is 5.10 Å². The van der Waals surface area contributed by atoms with Crippen LogP contribution < -0.4 is 4.90 Å². The Balaban J connectivity index is 1.23. The molecule has 38 heavy (non-hydrogen) atoms. The van der Waals surface area contributed by atoms with Crippen molar-refractivity contribution in [3.8, 4) is 5.69 Å². The van der Waals surface area contributed by atoms with Crippen molar-refractivity contribution in [1.29, 1.82) is 0 Å². The summed E-state index contributed by atoms with van der Waals surface area (Å²) in [6.07, 6.45) is 12.3. The fraction of sp³-hybridized carbons (Fsp3) is 0.567. The van der Waals surface area contributed by atoms with Crippen molar-refractivity contribution in [1.82, 2.24) is 19.7 Å². The summed E-state index contributed by atoms with van der Waals surface area (Å²) >= 11 is 0. The zero-order chi connectivity index (χ0) is 25.9. The van der Waals surface area contributed by atoms with Gasteiger partial charge in [0.25, 0.3) is 0 Å². The van der Waals surface area contributed by atoms with Crippen molar-refractivity contribution in [2.75, 3.05) is 31.1 Å². The first kappa shape index (κ1) is 24.1. The number of aromatic nitrogens is 3. The van der Waals surface area contributed by atoms with E-state index in [2.05, 4.69) is 14.8 Å². The van der Waals surface area contributed by atoms with Gasteiger partial charge in [-0.2, -0.15) is 5.10 Å². The molecule has 4 aliphatic rings. The Labute approximate surface area is 222 Å². The van der Waals surface area contributed by atoms with Crippen LogP contribution in [0.5, 0.6) is 0 Å². The largest absolute Gasteiger partial charge is 0.477 e. The maximum Gasteiger partial charge on any atom is 0.354 e. The maximum atomic E-state index is 13.7. The summed E-state index contributed by atoms with van der Waals surface area (Å²) < 4.78 is 15.4. The molecule has 4 fully saturated rings. The lowest BCUT2D eigenvalue weighted by Gasteiger charge is -2.50. The van der Waals surface area contributed by atoms with Crippen LogP contribution in [0.1, 0.15) is 86.3 Å². The van der Waals surface area contributed by atoms with Gasteiger partial charge in [-0.3, -0.25) is 0 Å². The number of piperidine rings is 2. The van der Waals surface area contributed by atoms with Gasteiger partial charge in [-0.25, -0.2) is 18.9 Å². The molecule has 2 aromatic heterocycles. The highest BCUT2D eigenvalue weighted by Gasteiger charge is 2.40. The number of carboxylic acids is 1. The number of aromatic carboxylic acids is 1. The average Bonchev–Trinajstić information content (AvgIpc) is 3.23. The van der Waals surface area contributed by atoms with E-state index in [9.17, 15) is 14.3 Å². The molecule has 3 aromatic rings. The Morgan fingerprint density at radius 2 is 1.61 bits per heavy atom. The molecule has 7 nitrogen and oxygen atoms in total. The van der Waals surface area contributed by atoms with E-state index in [-0.39, 0.29) is 11.5 Å². The number of fused-ring (bicyclic) bond motifs is 1. The van der Waals surface area contributed by atoms with Gasteiger partial charge in [0.2, 0.25) is 0 Å². The molecule has 0 atom stereocenters. The fourth-order valence-corrected chi connectivity index (χ4v) is 7.05. The number of nitrogens with zero attached hydrogens (tertiary/aromatic N) is 5. The number of anilines is 1. The zero-order valence-electron chi connectivity index (χ0n) is 21.9. The monoisotopic (exact) mass is 517 g/mol. The summed E-state index contributed by atoms with van der Waals surface area (Å²) in [6, 6.07) is 8.78. The first-order valence-corrected chi connectivity index (χ1v) is 14.4. The molecule has 1 N–H and O–H groups in total. The minimum Gasteiger partial charge on any atom is -0.477 e. The van der Waals surface area contributed by atoms with Crippen LogP contribution in [0, 0.1) is 11.2 Å². The number of carboxylic acid groups (broad SMARTS) is 1. The van der Waals surface area contributed by atoms with Gasteiger partial charge in [-0.05, 0) is 100 Å². The van der Waals surface area contributed by atoms with Gasteiger partial charge in [0.1, 0.15) is 5.82 Å². The smallest absolute Gasteiger partial charge is 0.354 e. The first-order valence-electron chi connectivity index (χ1n) is 14.4.